The van der Waals surface area contributed by atoms with Gasteiger partial charge in [-0.1, -0.05) is 0 Å². The van der Waals surface area contributed by atoms with E-state index in [4.69, 9.17) is 0 Å². The van der Waals surface area contributed by atoms with Crippen molar-refractivity contribution in [3.63, 3.8) is 0 Å². The number of rotatable bonds is 0. The number of hydrogen-bond acceptors (Lipinski definition) is 3. The van der Waals surface area contributed by atoms with Crippen molar-refractivity contribution in [1.82, 2.24) is 0 Å². The molecule has 0 atom stereocenters. The maximum absolute atomic E-state index is 10.3. The third-order valence-corrected chi connectivity index (χ3v) is 1.29. The van der Waals surface area contributed by atoms with E-state index in [-0.39, 0.29) is 17.4 Å². The molecule has 1 rings (SSSR count). The predicted octanol–water partition coefficient (Wildman–Crippen LogP) is 0.205. The smallest absolute Gasteiger partial charge is 0.254 e. The molecule has 0 unspecified atom stereocenters. The van der Waals surface area contributed by atoms with E-state index in [0.717, 1.165) is 11.8 Å². The van der Waals surface area contributed by atoms with Crippen molar-refractivity contribution in [1.29, 1.82) is 0 Å². The second-order valence-corrected chi connectivity index (χ2v) is 2.20. The number of nitrogens with zero attached hydrogens (tertiary/aromatic N) is 1. The lowest BCUT2D eigenvalue weighted by Gasteiger charge is -1.95. The van der Waals surface area contributed by atoms with Crippen LogP contribution in [0, 0.1) is 0 Å². The molecule has 1 aliphatic heterocycles. The van der Waals surface area contributed by atoms with Crippen LogP contribution in [-0.4, -0.2) is 16.6 Å². The number of thioether (sulfide) groups is 1. The largest absolute Gasteiger partial charge is 0.286 e. The SMILES string of the molecule is O=C1CC(=O)SC=N1. The highest BCUT2D eigenvalue weighted by atomic mass is 32.2. The van der Waals surface area contributed by atoms with Crippen LogP contribution in [0.25, 0.3) is 0 Å². The van der Waals surface area contributed by atoms with E-state index in [1.807, 2.05) is 0 Å². The van der Waals surface area contributed by atoms with Crippen LogP contribution in [0.2, 0.25) is 0 Å². The second kappa shape index (κ2) is 2.09. The summed E-state index contributed by atoms with van der Waals surface area (Å²) in [6.07, 6.45) is -0.0405. The monoisotopic (exact) mass is 129 g/mol. The summed E-state index contributed by atoms with van der Waals surface area (Å²) in [6.45, 7) is 0. The quantitative estimate of drug-likeness (QED) is 0.439. The van der Waals surface area contributed by atoms with Crippen LogP contribution < -0.4 is 0 Å². The molecule has 1 aliphatic rings. The number of aliphatic imine (C=N–C) groups is 1. The molecular weight excluding hydrogens is 126 g/mol. The van der Waals surface area contributed by atoms with Crippen LogP contribution in [0.1, 0.15) is 6.42 Å². The predicted molar refractivity (Wildman–Crippen MR) is 30.7 cm³/mol. The topological polar surface area (TPSA) is 46.5 Å². The van der Waals surface area contributed by atoms with Crippen LogP contribution in [-0.2, 0) is 9.59 Å². The minimum atomic E-state index is -0.339. The first-order valence-electron chi connectivity index (χ1n) is 2.04. The van der Waals surface area contributed by atoms with Crippen LogP contribution in [0.3, 0.4) is 0 Å². The summed E-state index contributed by atoms with van der Waals surface area (Å²) in [4.78, 5) is 23.9. The molecule has 0 N–H and O–H groups in total. The van der Waals surface area contributed by atoms with Gasteiger partial charge >= 0.3 is 0 Å². The molecule has 0 fully saturated rings. The molecule has 0 radical (unpaired) electrons. The molecule has 4 heteroatoms. The number of hydrogen-bond donors (Lipinski definition) is 0. The van der Waals surface area contributed by atoms with E-state index >= 15 is 0 Å². The fourth-order valence-electron chi connectivity index (χ4n) is 0.355. The Kier molecular flexibility index (Phi) is 1.43. The first-order chi connectivity index (χ1) is 3.79. The Morgan fingerprint density at radius 1 is 1.62 bits per heavy atom. The summed E-state index contributed by atoms with van der Waals surface area (Å²) in [6, 6.07) is 0. The van der Waals surface area contributed by atoms with Gasteiger partial charge in [0.2, 0.25) is 5.12 Å². The van der Waals surface area contributed by atoms with E-state index in [9.17, 15) is 9.59 Å². The van der Waals surface area contributed by atoms with E-state index in [2.05, 4.69) is 4.99 Å². The molecule has 0 aliphatic carbocycles. The summed E-state index contributed by atoms with van der Waals surface area (Å²) in [5.74, 6) is -0.339. The van der Waals surface area contributed by atoms with Gasteiger partial charge in [-0.3, -0.25) is 9.59 Å². The van der Waals surface area contributed by atoms with Gasteiger partial charge in [-0.05, 0) is 11.8 Å². The van der Waals surface area contributed by atoms with Crippen molar-refractivity contribution in [3.05, 3.63) is 0 Å². The zero-order chi connectivity index (χ0) is 5.98. The van der Waals surface area contributed by atoms with Gasteiger partial charge in [0.05, 0.1) is 12.0 Å². The third-order valence-electron chi connectivity index (χ3n) is 0.676. The average Bonchev–Trinajstić information content (AvgIpc) is 1.64. The molecule has 1 amide bonds. The molecule has 0 saturated heterocycles. The summed E-state index contributed by atoms with van der Waals surface area (Å²) < 4.78 is 0. The van der Waals surface area contributed by atoms with Gasteiger partial charge in [0, 0.05) is 0 Å². The van der Waals surface area contributed by atoms with Gasteiger partial charge in [0.1, 0.15) is 0 Å². The summed E-state index contributed by atoms with van der Waals surface area (Å²) in [7, 11) is 0. The maximum Gasteiger partial charge on any atom is 0.254 e. The molecule has 8 heavy (non-hydrogen) atoms. The zero-order valence-electron chi connectivity index (χ0n) is 3.96. The molecule has 0 aromatic carbocycles. The Labute approximate surface area is 50.2 Å². The Morgan fingerprint density at radius 2 is 2.38 bits per heavy atom. The number of amides is 1. The molecule has 3 nitrogen and oxygen atoms in total. The molecule has 0 bridgehead atoms. The fourth-order valence-corrected chi connectivity index (χ4v) is 0.849. The lowest BCUT2D eigenvalue weighted by molar-refractivity contribution is -0.122. The Hall–Kier alpha value is -0.640. The van der Waals surface area contributed by atoms with Gasteiger partial charge in [-0.15, -0.1) is 0 Å². The fraction of sp³-hybridized carbons (Fsp3) is 0.250. The normalized spacial score (nSPS) is 19.5. The van der Waals surface area contributed by atoms with Crippen LogP contribution in [0.4, 0.5) is 0 Å². The van der Waals surface area contributed by atoms with E-state index in [1.165, 1.54) is 5.55 Å². The maximum atomic E-state index is 10.3. The molecule has 0 aromatic rings. The highest BCUT2D eigenvalue weighted by Crippen LogP contribution is 2.07. The minimum Gasteiger partial charge on any atom is -0.286 e. The van der Waals surface area contributed by atoms with Crippen molar-refractivity contribution in [3.8, 4) is 0 Å². The van der Waals surface area contributed by atoms with Crippen molar-refractivity contribution < 1.29 is 9.59 Å². The molecule has 0 aromatic heterocycles. The van der Waals surface area contributed by atoms with E-state index in [0.29, 0.717) is 0 Å². The number of carbonyl (C=O) groups is 2. The Balaban J connectivity index is 2.68. The van der Waals surface area contributed by atoms with Gasteiger partial charge in [0.25, 0.3) is 5.91 Å². The van der Waals surface area contributed by atoms with E-state index < -0.39 is 0 Å². The molecule has 0 spiro atoms. The zero-order valence-corrected chi connectivity index (χ0v) is 4.77. The summed E-state index contributed by atoms with van der Waals surface area (Å²) >= 11 is 0.970. The van der Waals surface area contributed by atoms with Gasteiger partial charge in [0.15, 0.2) is 0 Å². The van der Waals surface area contributed by atoms with Crippen molar-refractivity contribution in [2.75, 3.05) is 0 Å². The molecule has 42 valence electrons. The van der Waals surface area contributed by atoms with Gasteiger partial charge in [-0.25, -0.2) is 4.99 Å². The highest BCUT2D eigenvalue weighted by Gasteiger charge is 2.11. The summed E-state index contributed by atoms with van der Waals surface area (Å²) in [5, 5.41) is -0.120. The van der Waals surface area contributed by atoms with Crippen LogP contribution in [0.5, 0.6) is 0 Å². The molecular formula is C4H3NO2S. The van der Waals surface area contributed by atoms with Crippen molar-refractivity contribution in [2.45, 2.75) is 6.42 Å². The van der Waals surface area contributed by atoms with Crippen LogP contribution in [0.15, 0.2) is 4.99 Å². The standard InChI is InChI=1S/C4H3NO2S/c6-3-1-4(7)8-2-5-3/h2H,1H2. The Bertz CT molecular complexity index is 163. The summed E-state index contributed by atoms with van der Waals surface area (Å²) in [5.41, 5.74) is 1.27. The average molecular weight is 129 g/mol. The second-order valence-electron chi connectivity index (χ2n) is 1.29. The first-order valence-corrected chi connectivity index (χ1v) is 2.92. The van der Waals surface area contributed by atoms with Gasteiger partial charge < -0.3 is 0 Å². The van der Waals surface area contributed by atoms with Crippen LogP contribution >= 0.6 is 11.8 Å². The van der Waals surface area contributed by atoms with E-state index in [1.54, 1.807) is 0 Å². The lowest BCUT2D eigenvalue weighted by atomic mass is 10.4. The molecule has 0 saturated carbocycles. The highest BCUT2D eigenvalue weighted by molar-refractivity contribution is 8.25. The van der Waals surface area contributed by atoms with Crippen molar-refractivity contribution in [2.24, 2.45) is 4.99 Å². The Morgan fingerprint density at radius 3 is 2.75 bits per heavy atom. The number of carbonyl (C=O) groups excluding carboxylic acids is 2. The molecule has 1 heterocycles. The van der Waals surface area contributed by atoms with Crippen molar-refractivity contribution >= 4 is 28.3 Å². The minimum absolute atomic E-state index is 0.0405. The third kappa shape index (κ3) is 1.16. The lowest BCUT2D eigenvalue weighted by Crippen LogP contribution is -2.06. The van der Waals surface area contributed by atoms with Gasteiger partial charge in [-0.2, -0.15) is 0 Å². The first kappa shape index (κ1) is 5.50.